The zero-order valence-electron chi connectivity index (χ0n) is 12.7. The molecule has 4 rings (SSSR count). The number of nitrogens with one attached hydrogen (secondary N) is 1. The normalized spacial score (nSPS) is 25.7. The van der Waals surface area contributed by atoms with Crippen LogP contribution in [0, 0.1) is 5.41 Å². The Bertz CT molecular complexity index is 674. The van der Waals surface area contributed by atoms with Crippen LogP contribution in [-0.4, -0.2) is 39.0 Å². The van der Waals surface area contributed by atoms with Gasteiger partial charge < -0.3 is 10.1 Å². The number of hydrogen-bond donors (Lipinski definition) is 1. The molecule has 2 aliphatic rings. The summed E-state index contributed by atoms with van der Waals surface area (Å²) < 4.78 is 7.58. The van der Waals surface area contributed by atoms with Crippen molar-refractivity contribution < 1.29 is 9.53 Å². The first-order valence-corrected chi connectivity index (χ1v) is 7.95. The van der Waals surface area contributed by atoms with Gasteiger partial charge in [-0.1, -0.05) is 6.42 Å². The lowest BCUT2D eigenvalue weighted by Crippen LogP contribution is -2.67. The molecular formula is C16H20N4O2. The van der Waals surface area contributed by atoms with E-state index in [1.165, 1.54) is 6.42 Å². The number of ether oxygens (including phenoxy) is 1. The van der Waals surface area contributed by atoms with E-state index in [1.807, 2.05) is 19.2 Å². The van der Waals surface area contributed by atoms with Gasteiger partial charge in [0, 0.05) is 36.7 Å². The zero-order valence-corrected chi connectivity index (χ0v) is 12.7. The Morgan fingerprint density at radius 1 is 1.55 bits per heavy atom. The van der Waals surface area contributed by atoms with Gasteiger partial charge in [-0.2, -0.15) is 0 Å². The molecule has 2 saturated carbocycles. The van der Waals surface area contributed by atoms with E-state index in [1.54, 1.807) is 16.8 Å². The molecule has 2 aromatic rings. The minimum absolute atomic E-state index is 0.114. The van der Waals surface area contributed by atoms with Crippen molar-refractivity contribution in [2.24, 2.45) is 5.41 Å². The van der Waals surface area contributed by atoms with Crippen molar-refractivity contribution in [2.45, 2.75) is 44.8 Å². The van der Waals surface area contributed by atoms with Crippen molar-refractivity contribution in [3.8, 4) is 0 Å². The van der Waals surface area contributed by atoms with Crippen molar-refractivity contribution in [1.29, 1.82) is 0 Å². The number of imidazole rings is 1. The van der Waals surface area contributed by atoms with Crippen molar-refractivity contribution in [1.82, 2.24) is 19.7 Å². The van der Waals surface area contributed by atoms with Crippen molar-refractivity contribution >= 4 is 11.7 Å². The summed E-state index contributed by atoms with van der Waals surface area (Å²) in [4.78, 5) is 20.9. The maximum Gasteiger partial charge on any atom is 0.271 e. The molecule has 6 nitrogen and oxygen atoms in total. The molecule has 6 heteroatoms. The second-order valence-corrected chi connectivity index (χ2v) is 6.25. The standard InChI is InChI=1S/C16H20N4O2/c1-2-22-13-9-12(16(13)5-3-6-16)19-14(21)11-10-20-8-4-7-17-15(20)18-11/h4,7-8,10,12-13H,2-3,5-6,9H2,1H3,(H,19,21). The maximum absolute atomic E-state index is 12.5. The zero-order chi connectivity index (χ0) is 15.2. The third-order valence-corrected chi connectivity index (χ3v) is 5.21. The minimum atomic E-state index is -0.114. The summed E-state index contributed by atoms with van der Waals surface area (Å²) in [7, 11) is 0. The van der Waals surface area contributed by atoms with E-state index in [2.05, 4.69) is 15.3 Å². The number of carbonyl (C=O) groups excluding carboxylic acids is 1. The van der Waals surface area contributed by atoms with Crippen molar-refractivity contribution in [3.05, 3.63) is 30.4 Å². The average Bonchev–Trinajstić information content (AvgIpc) is 2.88. The minimum Gasteiger partial charge on any atom is -0.378 e. The average molecular weight is 300 g/mol. The number of hydrogen-bond acceptors (Lipinski definition) is 4. The van der Waals surface area contributed by atoms with Gasteiger partial charge in [0.1, 0.15) is 5.69 Å². The summed E-state index contributed by atoms with van der Waals surface area (Å²) in [6.45, 7) is 2.77. The third kappa shape index (κ3) is 1.94. The van der Waals surface area contributed by atoms with Crippen LogP contribution in [0.5, 0.6) is 0 Å². The molecule has 2 aromatic heterocycles. The molecule has 2 unspecified atom stereocenters. The summed E-state index contributed by atoms with van der Waals surface area (Å²) in [5, 5.41) is 3.15. The second-order valence-electron chi connectivity index (χ2n) is 6.25. The van der Waals surface area contributed by atoms with Crippen LogP contribution in [-0.2, 0) is 4.74 Å². The molecule has 0 saturated heterocycles. The van der Waals surface area contributed by atoms with Crippen LogP contribution in [0.2, 0.25) is 0 Å². The molecule has 2 atom stereocenters. The van der Waals surface area contributed by atoms with Crippen LogP contribution in [0.15, 0.2) is 24.7 Å². The maximum atomic E-state index is 12.5. The highest BCUT2D eigenvalue weighted by Gasteiger charge is 2.59. The van der Waals surface area contributed by atoms with Gasteiger partial charge in [0.25, 0.3) is 5.91 Å². The van der Waals surface area contributed by atoms with Gasteiger partial charge in [-0.25, -0.2) is 9.97 Å². The molecular weight excluding hydrogens is 280 g/mol. The molecule has 2 aliphatic carbocycles. The van der Waals surface area contributed by atoms with E-state index in [4.69, 9.17) is 4.74 Å². The fourth-order valence-corrected chi connectivity index (χ4v) is 3.81. The quantitative estimate of drug-likeness (QED) is 0.935. The molecule has 0 aromatic carbocycles. The highest BCUT2D eigenvalue weighted by atomic mass is 16.5. The van der Waals surface area contributed by atoms with Crippen LogP contribution < -0.4 is 5.32 Å². The van der Waals surface area contributed by atoms with E-state index in [-0.39, 0.29) is 17.4 Å². The lowest BCUT2D eigenvalue weighted by molar-refractivity contribution is -0.169. The smallest absolute Gasteiger partial charge is 0.271 e. The largest absolute Gasteiger partial charge is 0.378 e. The molecule has 1 spiro atoms. The fourth-order valence-electron chi connectivity index (χ4n) is 3.81. The van der Waals surface area contributed by atoms with E-state index in [9.17, 15) is 4.79 Å². The summed E-state index contributed by atoms with van der Waals surface area (Å²) in [5.74, 6) is 0.434. The molecule has 0 aliphatic heterocycles. The number of amides is 1. The SMILES string of the molecule is CCOC1CC(NC(=O)c2cn3cccnc3n2)C12CCC2. The molecule has 2 fully saturated rings. The van der Waals surface area contributed by atoms with Gasteiger partial charge in [0.2, 0.25) is 5.78 Å². The van der Waals surface area contributed by atoms with Crippen molar-refractivity contribution in [2.75, 3.05) is 6.61 Å². The highest BCUT2D eigenvalue weighted by Crippen LogP contribution is 2.57. The predicted octanol–water partition coefficient (Wildman–Crippen LogP) is 1.81. The third-order valence-electron chi connectivity index (χ3n) is 5.21. The number of carbonyl (C=O) groups is 1. The Kier molecular flexibility index (Phi) is 3.14. The first kappa shape index (κ1) is 13.7. The summed E-state index contributed by atoms with van der Waals surface area (Å²) in [6.07, 6.45) is 9.98. The van der Waals surface area contributed by atoms with Crippen LogP contribution in [0.3, 0.4) is 0 Å². The van der Waals surface area contributed by atoms with Gasteiger partial charge >= 0.3 is 0 Å². The Labute approximate surface area is 128 Å². The molecule has 0 bridgehead atoms. The van der Waals surface area contributed by atoms with Crippen LogP contribution in [0.1, 0.15) is 43.1 Å². The molecule has 116 valence electrons. The number of rotatable bonds is 4. The Morgan fingerprint density at radius 2 is 2.41 bits per heavy atom. The number of nitrogens with zero attached hydrogens (tertiary/aromatic N) is 3. The second kappa shape index (κ2) is 5.05. The fraction of sp³-hybridized carbons (Fsp3) is 0.562. The van der Waals surface area contributed by atoms with Gasteiger partial charge in [-0.05, 0) is 32.3 Å². The Balaban J connectivity index is 1.48. The number of aromatic nitrogens is 3. The lowest BCUT2D eigenvalue weighted by Gasteiger charge is -2.60. The number of fused-ring (bicyclic) bond motifs is 1. The molecule has 1 amide bonds. The van der Waals surface area contributed by atoms with Gasteiger partial charge in [-0.3, -0.25) is 9.20 Å². The molecule has 0 radical (unpaired) electrons. The van der Waals surface area contributed by atoms with E-state index < -0.39 is 0 Å². The van der Waals surface area contributed by atoms with Gasteiger partial charge in [0.15, 0.2) is 0 Å². The van der Waals surface area contributed by atoms with Gasteiger partial charge in [0.05, 0.1) is 6.10 Å². The monoisotopic (exact) mass is 300 g/mol. The summed E-state index contributed by atoms with van der Waals surface area (Å²) in [5.41, 5.74) is 0.594. The van der Waals surface area contributed by atoms with Crippen LogP contribution in [0.4, 0.5) is 0 Å². The lowest BCUT2D eigenvalue weighted by atomic mass is 9.51. The molecule has 2 heterocycles. The summed E-state index contributed by atoms with van der Waals surface area (Å²) >= 11 is 0. The summed E-state index contributed by atoms with van der Waals surface area (Å²) in [6, 6.07) is 2.03. The first-order valence-electron chi connectivity index (χ1n) is 7.95. The highest BCUT2D eigenvalue weighted by molar-refractivity contribution is 5.93. The van der Waals surface area contributed by atoms with Crippen LogP contribution >= 0.6 is 0 Å². The molecule has 22 heavy (non-hydrogen) atoms. The topological polar surface area (TPSA) is 68.5 Å². The van der Waals surface area contributed by atoms with E-state index in [0.717, 1.165) is 25.9 Å². The van der Waals surface area contributed by atoms with Gasteiger partial charge in [-0.15, -0.1) is 0 Å². The predicted molar refractivity (Wildman–Crippen MR) is 80.6 cm³/mol. The van der Waals surface area contributed by atoms with Crippen LogP contribution in [0.25, 0.3) is 5.78 Å². The Hall–Kier alpha value is -1.95. The first-order chi connectivity index (χ1) is 10.7. The van der Waals surface area contributed by atoms with E-state index >= 15 is 0 Å². The van der Waals surface area contributed by atoms with Crippen molar-refractivity contribution in [3.63, 3.8) is 0 Å². The van der Waals surface area contributed by atoms with E-state index in [0.29, 0.717) is 17.6 Å². The molecule has 1 N–H and O–H groups in total. The Morgan fingerprint density at radius 3 is 3.09 bits per heavy atom.